The van der Waals surface area contributed by atoms with Gasteiger partial charge in [-0.25, -0.2) is 0 Å². The van der Waals surface area contributed by atoms with Crippen LogP contribution in [0.3, 0.4) is 0 Å². The smallest absolute Gasteiger partial charge is 0.756 e. The van der Waals surface area contributed by atoms with Gasteiger partial charge in [0.15, 0.2) is 0 Å². The predicted molar refractivity (Wildman–Crippen MR) is 53.8 cm³/mol. The Morgan fingerprint density at radius 1 is 1.13 bits per heavy atom. The largest absolute Gasteiger partial charge is 1.00 e. The number of hydrogen-bond donors (Lipinski definition) is 1. The van der Waals surface area contributed by atoms with E-state index in [4.69, 9.17) is 4.89 Å². The average molecular weight is 356 g/mol. The summed E-state index contributed by atoms with van der Waals surface area (Å²) in [6.07, 6.45) is 7.70. The predicted octanol–water partition coefficient (Wildman–Crippen LogP) is -0.782. The molecular weight excluding hydrogens is 336 g/mol. The molecule has 0 aliphatic rings. The summed E-state index contributed by atoms with van der Waals surface area (Å²) >= 11 is 0. The molecule has 0 radical (unpaired) electrons. The van der Waals surface area contributed by atoms with Crippen LogP contribution in [0.25, 0.3) is 0 Å². The van der Waals surface area contributed by atoms with Gasteiger partial charge in [-0.3, -0.25) is 4.57 Å². The SMILES string of the molecule is CCCCCCCCCOP(=O)([O-])O.[Cs+]. The first kappa shape index (κ1) is 19.5. The Balaban J connectivity index is 0. The van der Waals surface area contributed by atoms with Crippen LogP contribution >= 0.6 is 7.82 Å². The molecule has 4 nitrogen and oxygen atoms in total. The zero-order valence-electron chi connectivity index (χ0n) is 9.78. The van der Waals surface area contributed by atoms with E-state index in [1.807, 2.05) is 0 Å². The van der Waals surface area contributed by atoms with Gasteiger partial charge >= 0.3 is 68.9 Å². The van der Waals surface area contributed by atoms with Crippen molar-refractivity contribution in [3.8, 4) is 0 Å². The zero-order valence-corrected chi connectivity index (χ0v) is 17.0. The van der Waals surface area contributed by atoms with Crippen molar-refractivity contribution in [1.29, 1.82) is 0 Å². The molecule has 1 unspecified atom stereocenters. The molecule has 0 rings (SSSR count). The van der Waals surface area contributed by atoms with Gasteiger partial charge in [-0.1, -0.05) is 45.4 Å². The summed E-state index contributed by atoms with van der Waals surface area (Å²) in [6.45, 7) is 2.27. The summed E-state index contributed by atoms with van der Waals surface area (Å²) in [4.78, 5) is 18.4. The summed E-state index contributed by atoms with van der Waals surface area (Å²) in [7, 11) is -4.48. The van der Waals surface area contributed by atoms with Crippen molar-refractivity contribution in [1.82, 2.24) is 0 Å². The van der Waals surface area contributed by atoms with Gasteiger partial charge in [0.05, 0.1) is 6.61 Å². The van der Waals surface area contributed by atoms with Crippen molar-refractivity contribution in [3.63, 3.8) is 0 Å². The van der Waals surface area contributed by atoms with Crippen LogP contribution in [-0.4, -0.2) is 11.5 Å². The first-order valence-electron chi connectivity index (χ1n) is 5.24. The third-order valence-electron chi connectivity index (χ3n) is 2.00. The molecule has 15 heavy (non-hydrogen) atoms. The molecule has 0 bridgehead atoms. The Bertz CT molecular complexity index is 171. The van der Waals surface area contributed by atoms with E-state index in [1.54, 1.807) is 0 Å². The van der Waals surface area contributed by atoms with Gasteiger partial charge < -0.3 is 14.3 Å². The van der Waals surface area contributed by atoms with E-state index in [9.17, 15) is 9.46 Å². The van der Waals surface area contributed by atoms with E-state index >= 15 is 0 Å². The third kappa shape index (κ3) is 18.7. The maximum absolute atomic E-state index is 10.2. The topological polar surface area (TPSA) is 69.6 Å². The monoisotopic (exact) mass is 356 g/mol. The molecule has 86 valence electrons. The van der Waals surface area contributed by atoms with Crippen LogP contribution in [0.1, 0.15) is 51.9 Å². The molecule has 1 atom stereocenters. The van der Waals surface area contributed by atoms with Gasteiger partial charge in [-0.2, -0.15) is 0 Å². The molecule has 0 aromatic carbocycles. The fourth-order valence-electron chi connectivity index (χ4n) is 1.24. The Morgan fingerprint density at radius 2 is 1.60 bits per heavy atom. The first-order valence-corrected chi connectivity index (χ1v) is 6.74. The molecule has 6 heteroatoms. The molecule has 0 saturated heterocycles. The zero-order chi connectivity index (χ0) is 10.9. The van der Waals surface area contributed by atoms with Gasteiger partial charge in [-0.05, 0) is 6.42 Å². The van der Waals surface area contributed by atoms with Crippen LogP contribution < -0.4 is 73.8 Å². The van der Waals surface area contributed by atoms with Gasteiger partial charge in [-0.15, -0.1) is 0 Å². The van der Waals surface area contributed by atoms with E-state index in [2.05, 4.69) is 11.4 Å². The van der Waals surface area contributed by atoms with Crippen LogP contribution in [0.2, 0.25) is 0 Å². The fourth-order valence-corrected chi connectivity index (χ4v) is 1.60. The molecule has 0 spiro atoms. The van der Waals surface area contributed by atoms with Crippen molar-refractivity contribution >= 4 is 7.82 Å². The van der Waals surface area contributed by atoms with Crippen LogP contribution in [0.4, 0.5) is 0 Å². The third-order valence-corrected chi connectivity index (χ3v) is 2.51. The van der Waals surface area contributed by atoms with Gasteiger partial charge in [0.25, 0.3) is 7.82 Å². The molecule has 0 aliphatic carbocycles. The van der Waals surface area contributed by atoms with Crippen molar-refractivity contribution in [2.24, 2.45) is 0 Å². The second-order valence-corrected chi connectivity index (χ2v) is 4.62. The average Bonchev–Trinajstić information content (AvgIpc) is 2.08. The number of rotatable bonds is 9. The quantitative estimate of drug-likeness (QED) is 0.435. The summed E-state index contributed by atoms with van der Waals surface area (Å²) in [6, 6.07) is 0. The molecule has 0 aromatic heterocycles. The first-order chi connectivity index (χ1) is 6.56. The van der Waals surface area contributed by atoms with Gasteiger partial charge in [0.2, 0.25) is 0 Å². The standard InChI is InChI=1S/C9H21O4P.Cs/c1-2-3-4-5-6-7-8-9-13-14(10,11)12;/h2-9H2,1H3,(H2,10,11,12);/q;+1/p-1. The minimum absolute atomic E-state index is 0. The van der Waals surface area contributed by atoms with Crippen molar-refractivity contribution in [2.45, 2.75) is 51.9 Å². The van der Waals surface area contributed by atoms with Crippen LogP contribution in [0.5, 0.6) is 0 Å². The van der Waals surface area contributed by atoms with Crippen LogP contribution in [0, 0.1) is 0 Å². The van der Waals surface area contributed by atoms with E-state index in [1.165, 1.54) is 25.7 Å². The number of phosphoric ester groups is 1. The number of unbranched alkanes of at least 4 members (excludes halogenated alkanes) is 6. The number of phosphoric acid groups is 1. The Kier molecular flexibility index (Phi) is 16.4. The molecule has 0 heterocycles. The minimum atomic E-state index is -4.48. The normalized spacial score (nSPS) is 14.3. The van der Waals surface area contributed by atoms with Crippen LogP contribution in [0.15, 0.2) is 0 Å². The van der Waals surface area contributed by atoms with Crippen molar-refractivity contribution in [2.75, 3.05) is 6.61 Å². The van der Waals surface area contributed by atoms with Crippen molar-refractivity contribution in [3.05, 3.63) is 0 Å². The maximum Gasteiger partial charge on any atom is 1.00 e. The second kappa shape index (κ2) is 12.6. The fraction of sp³-hybridized carbons (Fsp3) is 1.00. The molecular formula is C9H20CsO4P. The summed E-state index contributed by atoms with van der Waals surface area (Å²) in [5.41, 5.74) is 0. The second-order valence-electron chi connectivity index (χ2n) is 3.42. The Hall–Kier alpha value is 2.16. The molecule has 0 saturated carbocycles. The Morgan fingerprint density at radius 3 is 2.07 bits per heavy atom. The molecule has 0 aromatic rings. The molecule has 0 amide bonds. The summed E-state index contributed by atoms with van der Waals surface area (Å²) < 4.78 is 14.4. The van der Waals surface area contributed by atoms with E-state index in [-0.39, 0.29) is 75.5 Å². The molecule has 0 aliphatic heterocycles. The number of hydrogen-bond acceptors (Lipinski definition) is 3. The van der Waals surface area contributed by atoms with E-state index in [0.717, 1.165) is 12.8 Å². The molecule has 1 N–H and O–H groups in total. The van der Waals surface area contributed by atoms with Crippen LogP contribution in [-0.2, 0) is 9.09 Å². The van der Waals surface area contributed by atoms with E-state index in [0.29, 0.717) is 6.42 Å². The molecule has 0 fully saturated rings. The summed E-state index contributed by atoms with van der Waals surface area (Å²) in [5, 5.41) is 0. The summed E-state index contributed by atoms with van der Waals surface area (Å²) in [5.74, 6) is 0. The Labute approximate surface area is 151 Å². The maximum atomic E-state index is 10.2. The minimum Gasteiger partial charge on any atom is -0.756 e. The van der Waals surface area contributed by atoms with E-state index < -0.39 is 7.82 Å². The van der Waals surface area contributed by atoms with Gasteiger partial charge in [0.1, 0.15) is 0 Å². The van der Waals surface area contributed by atoms with Gasteiger partial charge in [0, 0.05) is 0 Å². The van der Waals surface area contributed by atoms with Crippen molar-refractivity contribution < 1.29 is 87.8 Å².